The molecule has 1 unspecified atom stereocenters. The summed E-state index contributed by atoms with van der Waals surface area (Å²) < 4.78 is 0. The van der Waals surface area contributed by atoms with Gasteiger partial charge >= 0.3 is 0 Å². The Labute approximate surface area is 163 Å². The summed E-state index contributed by atoms with van der Waals surface area (Å²) in [5.74, 6) is 0.951. The highest BCUT2D eigenvalue weighted by Crippen LogP contribution is 2.23. The molecule has 0 radical (unpaired) electrons. The molecule has 2 heterocycles. The van der Waals surface area contributed by atoms with E-state index in [0.717, 1.165) is 48.8 Å². The van der Waals surface area contributed by atoms with Crippen LogP contribution in [0.4, 0.5) is 5.82 Å². The van der Waals surface area contributed by atoms with E-state index in [1.54, 1.807) is 6.07 Å². The summed E-state index contributed by atoms with van der Waals surface area (Å²) in [7, 11) is 0. The molecule has 7 heteroatoms. The second-order valence-electron chi connectivity index (χ2n) is 6.68. The highest BCUT2D eigenvalue weighted by atomic mass is 35.5. The molecule has 0 spiro atoms. The van der Waals surface area contributed by atoms with Crippen LogP contribution in [0.15, 0.2) is 36.4 Å². The molecule has 26 heavy (non-hydrogen) atoms. The summed E-state index contributed by atoms with van der Waals surface area (Å²) in [5.41, 5.74) is 1.05. The number of hydrogen-bond acceptors (Lipinski definition) is 4. The lowest BCUT2D eigenvalue weighted by atomic mass is 9.95. The third kappa shape index (κ3) is 4.86. The summed E-state index contributed by atoms with van der Waals surface area (Å²) in [6.07, 6.45) is 2.33. The van der Waals surface area contributed by atoms with E-state index in [0.29, 0.717) is 5.15 Å². The van der Waals surface area contributed by atoms with Crippen LogP contribution in [-0.4, -0.2) is 35.2 Å². The molecule has 5 nitrogen and oxygen atoms in total. The average Bonchev–Trinajstić information content (AvgIpc) is 2.64. The van der Waals surface area contributed by atoms with E-state index in [2.05, 4.69) is 20.4 Å². The minimum Gasteiger partial charge on any atom is -0.355 e. The molecule has 1 aromatic carbocycles. The Kier molecular flexibility index (Phi) is 6.33. The number of anilines is 1. The van der Waals surface area contributed by atoms with Crippen molar-refractivity contribution in [1.29, 1.82) is 0 Å². The zero-order chi connectivity index (χ0) is 18.5. The van der Waals surface area contributed by atoms with Gasteiger partial charge in [0, 0.05) is 30.1 Å². The molecule has 0 aliphatic carbocycles. The fraction of sp³-hybridized carbons (Fsp3) is 0.421. The van der Waals surface area contributed by atoms with Gasteiger partial charge < -0.3 is 10.2 Å². The maximum absolute atomic E-state index is 12.6. The summed E-state index contributed by atoms with van der Waals surface area (Å²) in [5, 5.41) is 12.2. The molecule has 2 aromatic rings. The number of hydrogen-bond donors (Lipinski definition) is 1. The second-order valence-corrected chi connectivity index (χ2v) is 7.48. The van der Waals surface area contributed by atoms with Crippen LogP contribution in [0, 0.1) is 5.92 Å². The largest absolute Gasteiger partial charge is 0.355 e. The van der Waals surface area contributed by atoms with Crippen LogP contribution in [0.25, 0.3) is 0 Å². The van der Waals surface area contributed by atoms with Gasteiger partial charge in [0.1, 0.15) is 0 Å². The monoisotopic (exact) mass is 392 g/mol. The molecule has 0 bridgehead atoms. The van der Waals surface area contributed by atoms with Gasteiger partial charge in [0.05, 0.1) is 0 Å². The fourth-order valence-corrected chi connectivity index (χ4v) is 3.57. The van der Waals surface area contributed by atoms with E-state index in [1.807, 2.05) is 37.3 Å². The maximum Gasteiger partial charge on any atom is 0.223 e. The van der Waals surface area contributed by atoms with Crippen molar-refractivity contribution >= 4 is 34.9 Å². The Bertz CT molecular complexity index is 745. The van der Waals surface area contributed by atoms with Gasteiger partial charge in [-0.05, 0) is 49.9 Å². The number of rotatable bonds is 5. The summed E-state index contributed by atoms with van der Waals surface area (Å²) in [6, 6.07) is 11.4. The number of amides is 1. The van der Waals surface area contributed by atoms with E-state index in [4.69, 9.17) is 23.2 Å². The predicted octanol–water partition coefficient (Wildman–Crippen LogP) is 3.75. The van der Waals surface area contributed by atoms with Crippen LogP contribution in [0.5, 0.6) is 0 Å². The lowest BCUT2D eigenvalue weighted by Gasteiger charge is -2.32. The number of piperidine rings is 1. The molecule has 3 rings (SSSR count). The smallest absolute Gasteiger partial charge is 0.223 e. The van der Waals surface area contributed by atoms with E-state index in [-0.39, 0.29) is 17.9 Å². The number of nitrogens with one attached hydrogen (secondary N) is 1. The molecule has 1 amide bonds. The lowest BCUT2D eigenvalue weighted by Crippen LogP contribution is -2.44. The first-order valence-electron chi connectivity index (χ1n) is 8.81. The number of carbonyl (C=O) groups is 1. The van der Waals surface area contributed by atoms with Crippen LogP contribution in [0.2, 0.25) is 10.2 Å². The van der Waals surface area contributed by atoms with Crippen molar-refractivity contribution in [2.24, 2.45) is 5.92 Å². The first kappa shape index (κ1) is 18.9. The predicted molar refractivity (Wildman–Crippen MR) is 105 cm³/mol. The molecule has 0 saturated carbocycles. The summed E-state index contributed by atoms with van der Waals surface area (Å²) >= 11 is 12.0. The molecule has 1 fully saturated rings. The summed E-state index contributed by atoms with van der Waals surface area (Å²) in [6.45, 7) is 3.58. The normalized spacial score (nSPS) is 16.3. The molecule has 1 aliphatic heterocycles. The topological polar surface area (TPSA) is 58.1 Å². The number of aromatic nitrogens is 2. The molecule has 1 aliphatic rings. The average molecular weight is 393 g/mol. The van der Waals surface area contributed by atoms with E-state index < -0.39 is 0 Å². The molecular weight excluding hydrogens is 371 g/mol. The van der Waals surface area contributed by atoms with Gasteiger partial charge in [-0.25, -0.2) is 0 Å². The van der Waals surface area contributed by atoms with Gasteiger partial charge in [0.25, 0.3) is 0 Å². The fourth-order valence-electron chi connectivity index (χ4n) is 3.25. The van der Waals surface area contributed by atoms with Crippen LogP contribution in [-0.2, 0) is 11.2 Å². The van der Waals surface area contributed by atoms with Gasteiger partial charge in [0.15, 0.2) is 11.0 Å². The number of benzene rings is 1. The molecule has 1 N–H and O–H groups in total. The van der Waals surface area contributed by atoms with Gasteiger partial charge in [0.2, 0.25) is 5.91 Å². The van der Waals surface area contributed by atoms with Crippen molar-refractivity contribution in [2.45, 2.75) is 32.2 Å². The maximum atomic E-state index is 12.6. The van der Waals surface area contributed by atoms with Crippen LogP contribution < -0.4 is 10.2 Å². The van der Waals surface area contributed by atoms with Gasteiger partial charge in [-0.2, -0.15) is 0 Å². The third-order valence-corrected chi connectivity index (χ3v) is 5.25. The SMILES string of the molecule is CC(Cc1ccccc1Cl)NC(=O)C1CCN(c2ccc(Cl)nn2)CC1. The first-order valence-corrected chi connectivity index (χ1v) is 9.56. The van der Waals surface area contributed by atoms with Crippen molar-refractivity contribution in [1.82, 2.24) is 15.5 Å². The quantitative estimate of drug-likeness (QED) is 0.841. The zero-order valence-electron chi connectivity index (χ0n) is 14.7. The third-order valence-electron chi connectivity index (χ3n) is 4.68. The summed E-state index contributed by atoms with van der Waals surface area (Å²) in [4.78, 5) is 14.7. The second kappa shape index (κ2) is 8.69. The lowest BCUT2D eigenvalue weighted by molar-refractivity contribution is -0.126. The van der Waals surface area contributed by atoms with Crippen LogP contribution in [0.1, 0.15) is 25.3 Å². The highest BCUT2D eigenvalue weighted by Gasteiger charge is 2.26. The van der Waals surface area contributed by atoms with E-state index in [9.17, 15) is 4.79 Å². The van der Waals surface area contributed by atoms with Crippen molar-refractivity contribution in [2.75, 3.05) is 18.0 Å². The molecule has 1 atom stereocenters. The van der Waals surface area contributed by atoms with Crippen molar-refractivity contribution in [3.63, 3.8) is 0 Å². The van der Waals surface area contributed by atoms with Crippen molar-refractivity contribution < 1.29 is 4.79 Å². The van der Waals surface area contributed by atoms with Crippen LogP contribution in [0.3, 0.4) is 0 Å². The number of nitrogens with zero attached hydrogens (tertiary/aromatic N) is 3. The van der Waals surface area contributed by atoms with Crippen molar-refractivity contribution in [3.05, 3.63) is 52.1 Å². The Morgan fingerprint density at radius 2 is 1.92 bits per heavy atom. The van der Waals surface area contributed by atoms with Crippen molar-refractivity contribution in [3.8, 4) is 0 Å². The van der Waals surface area contributed by atoms with Crippen LogP contribution >= 0.6 is 23.2 Å². The molecule has 1 aromatic heterocycles. The molecule has 138 valence electrons. The Morgan fingerprint density at radius 3 is 2.58 bits per heavy atom. The Balaban J connectivity index is 1.49. The molecule has 1 saturated heterocycles. The van der Waals surface area contributed by atoms with Gasteiger partial charge in [-0.3, -0.25) is 4.79 Å². The van der Waals surface area contributed by atoms with E-state index >= 15 is 0 Å². The minimum atomic E-state index is 0.0280. The number of carbonyl (C=O) groups excluding carboxylic acids is 1. The standard InChI is InChI=1S/C19H22Cl2N4O/c1-13(12-15-4-2-3-5-16(15)20)22-19(26)14-8-10-25(11-9-14)18-7-6-17(21)23-24-18/h2-7,13-14H,8-12H2,1H3,(H,22,26). The molecular formula is C19H22Cl2N4O. The highest BCUT2D eigenvalue weighted by molar-refractivity contribution is 6.31. The first-order chi connectivity index (χ1) is 12.5. The minimum absolute atomic E-state index is 0.0280. The Morgan fingerprint density at radius 1 is 1.19 bits per heavy atom. The number of halogens is 2. The van der Waals surface area contributed by atoms with Gasteiger partial charge in [-0.1, -0.05) is 41.4 Å². The van der Waals surface area contributed by atoms with Gasteiger partial charge in [-0.15, -0.1) is 10.2 Å². The van der Waals surface area contributed by atoms with E-state index in [1.165, 1.54) is 0 Å². The zero-order valence-corrected chi connectivity index (χ0v) is 16.2. The Hall–Kier alpha value is -1.85.